The first-order valence-electron chi connectivity index (χ1n) is 9.37. The first-order valence-corrected chi connectivity index (χ1v) is 10.8. The molecule has 1 aliphatic rings. The molecule has 4 rings (SSSR count). The molecule has 2 aromatic heterocycles. The summed E-state index contributed by atoms with van der Waals surface area (Å²) in [7, 11) is -3.63. The number of benzene rings is 1. The number of rotatable bonds is 4. The minimum Gasteiger partial charge on any atom is -0.360 e. The highest BCUT2D eigenvalue weighted by molar-refractivity contribution is 7.89. The topological polar surface area (TPSA) is 125 Å². The van der Waals surface area contributed by atoms with Crippen LogP contribution in [0.4, 0.5) is 0 Å². The number of hydrogen-bond acceptors (Lipinski definition) is 8. The predicted molar refractivity (Wildman–Crippen MR) is 107 cm³/mol. The van der Waals surface area contributed by atoms with Crippen molar-refractivity contribution in [3.63, 3.8) is 0 Å². The molecule has 30 heavy (non-hydrogen) atoms. The minimum absolute atomic E-state index is 0.162. The van der Waals surface area contributed by atoms with Gasteiger partial charge in [0.15, 0.2) is 5.52 Å². The summed E-state index contributed by atoms with van der Waals surface area (Å²) < 4.78 is 33.5. The van der Waals surface area contributed by atoms with Gasteiger partial charge in [-0.1, -0.05) is 5.16 Å². The van der Waals surface area contributed by atoms with Gasteiger partial charge in [0, 0.05) is 26.2 Å². The van der Waals surface area contributed by atoms with Crippen LogP contribution in [0.2, 0.25) is 0 Å². The fourth-order valence-electron chi connectivity index (χ4n) is 3.59. The van der Waals surface area contributed by atoms with Crippen molar-refractivity contribution in [2.75, 3.05) is 26.2 Å². The van der Waals surface area contributed by atoms with Crippen LogP contribution in [0.15, 0.2) is 38.5 Å². The van der Waals surface area contributed by atoms with Gasteiger partial charge in [-0.2, -0.15) is 14.7 Å². The summed E-state index contributed by atoms with van der Waals surface area (Å²) in [5.74, 6) is 0.556. The Kier molecular flexibility index (Phi) is 5.15. The summed E-state index contributed by atoms with van der Waals surface area (Å²) in [6.45, 7) is 5.28. The standard InChI is InChI=1S/C19H20N6O4S/c1-13-17-14(2)29-22-18(17)19(26)25(21-13)12-23-7-9-24(10-8-23)30(27,28)16-5-3-15(11-20)4-6-16/h3-6H,7-10,12H2,1-2H3. The van der Waals surface area contributed by atoms with Gasteiger partial charge in [0.25, 0.3) is 5.56 Å². The van der Waals surface area contributed by atoms with Crippen molar-refractivity contribution in [2.45, 2.75) is 25.4 Å². The zero-order valence-corrected chi connectivity index (χ0v) is 17.4. The molecule has 1 saturated heterocycles. The molecule has 0 atom stereocenters. The van der Waals surface area contributed by atoms with Gasteiger partial charge in [0.2, 0.25) is 10.0 Å². The lowest BCUT2D eigenvalue weighted by molar-refractivity contribution is 0.143. The number of aryl methyl sites for hydroxylation is 2. The Bertz CT molecular complexity index is 1300. The van der Waals surface area contributed by atoms with Crippen molar-refractivity contribution < 1.29 is 12.9 Å². The number of fused-ring (bicyclic) bond motifs is 1. The Morgan fingerprint density at radius 1 is 1.13 bits per heavy atom. The molecule has 0 N–H and O–H groups in total. The molecule has 3 heterocycles. The number of aromatic nitrogens is 3. The lowest BCUT2D eigenvalue weighted by Crippen LogP contribution is -2.49. The number of sulfonamides is 1. The van der Waals surface area contributed by atoms with E-state index in [-0.39, 0.29) is 22.6 Å². The summed E-state index contributed by atoms with van der Waals surface area (Å²) in [5, 5.41) is 17.7. The van der Waals surface area contributed by atoms with Crippen molar-refractivity contribution in [2.24, 2.45) is 0 Å². The highest BCUT2D eigenvalue weighted by Gasteiger charge is 2.29. The molecule has 0 unspecified atom stereocenters. The second-order valence-electron chi connectivity index (χ2n) is 7.15. The molecule has 0 spiro atoms. The van der Waals surface area contributed by atoms with E-state index in [0.717, 1.165) is 0 Å². The maximum Gasteiger partial charge on any atom is 0.298 e. The van der Waals surface area contributed by atoms with E-state index in [2.05, 4.69) is 10.3 Å². The maximum atomic E-state index is 12.8. The van der Waals surface area contributed by atoms with Gasteiger partial charge in [-0.25, -0.2) is 13.1 Å². The van der Waals surface area contributed by atoms with Crippen LogP contribution in [0.5, 0.6) is 0 Å². The Labute approximate surface area is 173 Å². The monoisotopic (exact) mass is 428 g/mol. The quantitative estimate of drug-likeness (QED) is 0.598. The lowest BCUT2D eigenvalue weighted by Gasteiger charge is -2.33. The SMILES string of the molecule is Cc1nn(CN2CCN(S(=O)(=O)c3ccc(C#N)cc3)CC2)c(=O)c2noc(C)c12. The van der Waals surface area contributed by atoms with Crippen LogP contribution in [0.1, 0.15) is 17.0 Å². The second-order valence-corrected chi connectivity index (χ2v) is 9.09. The maximum absolute atomic E-state index is 12.8. The zero-order valence-electron chi connectivity index (χ0n) is 16.6. The van der Waals surface area contributed by atoms with Gasteiger partial charge >= 0.3 is 0 Å². The molecular formula is C19H20N6O4S. The Morgan fingerprint density at radius 2 is 1.80 bits per heavy atom. The summed E-state index contributed by atoms with van der Waals surface area (Å²) >= 11 is 0. The van der Waals surface area contributed by atoms with Crippen molar-refractivity contribution in [1.29, 1.82) is 5.26 Å². The van der Waals surface area contributed by atoms with E-state index < -0.39 is 10.0 Å². The van der Waals surface area contributed by atoms with E-state index >= 15 is 0 Å². The number of piperazine rings is 1. The van der Waals surface area contributed by atoms with Gasteiger partial charge in [-0.05, 0) is 38.1 Å². The predicted octanol–water partition coefficient (Wildman–Crippen LogP) is 0.837. The van der Waals surface area contributed by atoms with Crippen LogP contribution >= 0.6 is 0 Å². The average Bonchev–Trinajstić information content (AvgIpc) is 3.14. The molecule has 1 fully saturated rings. The van der Waals surface area contributed by atoms with Crippen LogP contribution < -0.4 is 5.56 Å². The fourth-order valence-corrected chi connectivity index (χ4v) is 5.01. The van der Waals surface area contributed by atoms with E-state index in [1.54, 1.807) is 13.8 Å². The van der Waals surface area contributed by atoms with Crippen molar-refractivity contribution in [3.05, 3.63) is 51.6 Å². The number of nitrogens with zero attached hydrogens (tertiary/aromatic N) is 6. The Hall–Kier alpha value is -3.07. The molecule has 156 valence electrons. The lowest BCUT2D eigenvalue weighted by atomic mass is 10.2. The van der Waals surface area contributed by atoms with Gasteiger partial charge in [0.05, 0.1) is 34.3 Å². The third-order valence-corrected chi connectivity index (χ3v) is 7.13. The molecule has 1 aromatic carbocycles. The van der Waals surface area contributed by atoms with E-state index in [0.29, 0.717) is 48.6 Å². The Morgan fingerprint density at radius 3 is 2.43 bits per heavy atom. The smallest absolute Gasteiger partial charge is 0.298 e. The molecule has 0 radical (unpaired) electrons. The van der Waals surface area contributed by atoms with E-state index in [1.807, 2.05) is 11.0 Å². The minimum atomic E-state index is -3.63. The van der Waals surface area contributed by atoms with Crippen molar-refractivity contribution in [3.8, 4) is 6.07 Å². The Balaban J connectivity index is 1.47. The fraction of sp³-hybridized carbons (Fsp3) is 0.368. The van der Waals surface area contributed by atoms with Crippen LogP contribution in [-0.4, -0.2) is 58.7 Å². The van der Waals surface area contributed by atoms with Gasteiger partial charge in [-0.15, -0.1) is 0 Å². The van der Waals surface area contributed by atoms with Crippen LogP contribution in [0.25, 0.3) is 10.9 Å². The second kappa shape index (κ2) is 7.64. The van der Waals surface area contributed by atoms with Gasteiger partial charge in [0.1, 0.15) is 5.76 Å². The largest absolute Gasteiger partial charge is 0.360 e. The molecule has 0 bridgehead atoms. The van der Waals surface area contributed by atoms with Crippen molar-refractivity contribution in [1.82, 2.24) is 24.1 Å². The molecule has 11 heteroatoms. The summed E-state index contributed by atoms with van der Waals surface area (Å²) in [4.78, 5) is 14.8. The number of hydrogen-bond donors (Lipinski definition) is 0. The average molecular weight is 428 g/mol. The molecular weight excluding hydrogens is 408 g/mol. The first kappa shape index (κ1) is 20.2. The molecule has 0 aliphatic carbocycles. The first-order chi connectivity index (χ1) is 14.3. The van der Waals surface area contributed by atoms with Gasteiger partial charge in [-0.3, -0.25) is 9.69 Å². The van der Waals surface area contributed by atoms with Crippen LogP contribution in [-0.2, 0) is 16.7 Å². The van der Waals surface area contributed by atoms with Crippen LogP contribution in [0, 0.1) is 25.2 Å². The normalized spacial score (nSPS) is 16.0. The zero-order chi connectivity index (χ0) is 21.5. The van der Waals surface area contributed by atoms with E-state index in [4.69, 9.17) is 9.78 Å². The molecule has 0 saturated carbocycles. The van der Waals surface area contributed by atoms with Crippen molar-refractivity contribution >= 4 is 20.9 Å². The molecule has 0 amide bonds. The highest BCUT2D eigenvalue weighted by atomic mass is 32.2. The molecule has 1 aliphatic heterocycles. The highest BCUT2D eigenvalue weighted by Crippen LogP contribution is 2.19. The number of nitriles is 1. The summed E-state index contributed by atoms with van der Waals surface area (Å²) in [6.07, 6.45) is 0. The van der Waals surface area contributed by atoms with Gasteiger partial charge < -0.3 is 4.52 Å². The third-order valence-electron chi connectivity index (χ3n) is 5.22. The third kappa shape index (κ3) is 3.49. The molecule has 10 nitrogen and oxygen atoms in total. The molecule has 3 aromatic rings. The van der Waals surface area contributed by atoms with Crippen LogP contribution in [0.3, 0.4) is 0 Å². The van der Waals surface area contributed by atoms with E-state index in [1.165, 1.54) is 33.3 Å². The van der Waals surface area contributed by atoms with E-state index in [9.17, 15) is 13.2 Å². The summed E-state index contributed by atoms with van der Waals surface area (Å²) in [5.41, 5.74) is 0.985. The summed E-state index contributed by atoms with van der Waals surface area (Å²) in [6, 6.07) is 7.85.